The lowest BCUT2D eigenvalue weighted by atomic mass is 10.00. The van der Waals surface area contributed by atoms with Gasteiger partial charge < -0.3 is 5.32 Å². The fourth-order valence-corrected chi connectivity index (χ4v) is 3.50. The molecule has 1 aliphatic carbocycles. The van der Waals surface area contributed by atoms with Gasteiger partial charge in [0.25, 0.3) is 0 Å². The van der Waals surface area contributed by atoms with Gasteiger partial charge in [0.15, 0.2) is 0 Å². The Labute approximate surface area is 124 Å². The van der Waals surface area contributed by atoms with Gasteiger partial charge in [-0.1, -0.05) is 59.1 Å². The Hall–Kier alpha value is -0.830. The van der Waals surface area contributed by atoms with Crippen LogP contribution in [0.4, 0.5) is 0 Å². The molecular formula is C16H22BrNO. The van der Waals surface area contributed by atoms with Crippen LogP contribution < -0.4 is 5.32 Å². The summed E-state index contributed by atoms with van der Waals surface area (Å²) >= 11 is 3.55. The number of carbonyl (C=O) groups is 1. The van der Waals surface area contributed by atoms with E-state index in [4.69, 9.17) is 0 Å². The Morgan fingerprint density at radius 3 is 2.53 bits per heavy atom. The van der Waals surface area contributed by atoms with Crippen molar-refractivity contribution in [1.29, 1.82) is 0 Å². The van der Waals surface area contributed by atoms with Gasteiger partial charge in [-0.3, -0.25) is 4.79 Å². The molecule has 104 valence electrons. The van der Waals surface area contributed by atoms with Crippen LogP contribution in [0, 0.1) is 0 Å². The van der Waals surface area contributed by atoms with Crippen molar-refractivity contribution in [1.82, 2.24) is 5.32 Å². The van der Waals surface area contributed by atoms with Crippen LogP contribution in [0.2, 0.25) is 0 Å². The van der Waals surface area contributed by atoms with Crippen molar-refractivity contribution < 1.29 is 4.79 Å². The largest absolute Gasteiger partial charge is 0.350 e. The smallest absolute Gasteiger partial charge is 0.220 e. The first-order valence-electron chi connectivity index (χ1n) is 7.15. The second-order valence-corrected chi connectivity index (χ2v) is 6.07. The minimum absolute atomic E-state index is 0.0316. The SMILES string of the molecule is O=C(CCCc1ccccc1)NC1(CBr)CCCC1. The molecule has 1 fully saturated rings. The maximum atomic E-state index is 12.0. The van der Waals surface area contributed by atoms with E-state index in [1.807, 2.05) is 18.2 Å². The van der Waals surface area contributed by atoms with Crippen LogP contribution >= 0.6 is 15.9 Å². The summed E-state index contributed by atoms with van der Waals surface area (Å²) < 4.78 is 0. The molecule has 0 heterocycles. The number of nitrogens with one attached hydrogen (secondary N) is 1. The molecule has 0 atom stereocenters. The number of rotatable bonds is 6. The topological polar surface area (TPSA) is 29.1 Å². The summed E-state index contributed by atoms with van der Waals surface area (Å²) in [5.41, 5.74) is 1.34. The number of hydrogen-bond donors (Lipinski definition) is 1. The van der Waals surface area contributed by atoms with Gasteiger partial charge in [0, 0.05) is 17.3 Å². The van der Waals surface area contributed by atoms with E-state index in [0.717, 1.165) is 31.0 Å². The summed E-state index contributed by atoms with van der Waals surface area (Å²) in [5.74, 6) is 0.206. The molecule has 1 N–H and O–H groups in total. The van der Waals surface area contributed by atoms with E-state index in [0.29, 0.717) is 6.42 Å². The first kappa shape index (κ1) is 14.6. The summed E-state index contributed by atoms with van der Waals surface area (Å²) in [5, 5.41) is 4.12. The van der Waals surface area contributed by atoms with E-state index in [1.54, 1.807) is 0 Å². The molecule has 0 aliphatic heterocycles. The summed E-state index contributed by atoms with van der Waals surface area (Å²) in [7, 11) is 0. The molecule has 0 aromatic heterocycles. The minimum atomic E-state index is 0.0316. The maximum Gasteiger partial charge on any atom is 0.220 e. The number of alkyl halides is 1. The maximum absolute atomic E-state index is 12.0. The molecule has 2 nitrogen and oxygen atoms in total. The third kappa shape index (κ3) is 4.34. The lowest BCUT2D eigenvalue weighted by Gasteiger charge is -2.28. The molecule has 2 rings (SSSR count). The molecule has 0 unspecified atom stereocenters. The van der Waals surface area contributed by atoms with Gasteiger partial charge in [0.1, 0.15) is 0 Å². The van der Waals surface area contributed by atoms with Gasteiger partial charge in [-0.15, -0.1) is 0 Å². The van der Waals surface area contributed by atoms with Crippen molar-refractivity contribution >= 4 is 21.8 Å². The van der Waals surface area contributed by atoms with E-state index in [-0.39, 0.29) is 11.4 Å². The van der Waals surface area contributed by atoms with E-state index in [2.05, 4.69) is 33.4 Å². The third-order valence-corrected chi connectivity index (χ3v) is 5.01. The zero-order valence-electron chi connectivity index (χ0n) is 11.3. The van der Waals surface area contributed by atoms with Crippen LogP contribution in [0.25, 0.3) is 0 Å². The zero-order valence-corrected chi connectivity index (χ0v) is 12.9. The number of carbonyl (C=O) groups excluding carboxylic acids is 1. The molecule has 0 spiro atoms. The summed E-state index contributed by atoms with van der Waals surface area (Å²) in [6.45, 7) is 0. The Morgan fingerprint density at radius 1 is 1.21 bits per heavy atom. The molecule has 1 aliphatic rings. The van der Waals surface area contributed by atoms with Crippen LogP contribution in [0.3, 0.4) is 0 Å². The van der Waals surface area contributed by atoms with Crippen molar-refractivity contribution in [2.24, 2.45) is 0 Å². The van der Waals surface area contributed by atoms with E-state index >= 15 is 0 Å². The molecule has 1 aromatic carbocycles. The fourth-order valence-electron chi connectivity index (χ4n) is 2.80. The lowest BCUT2D eigenvalue weighted by Crippen LogP contribution is -2.47. The Balaban J connectivity index is 1.73. The van der Waals surface area contributed by atoms with Crippen molar-refractivity contribution in [2.45, 2.75) is 50.5 Å². The molecule has 0 saturated heterocycles. The molecule has 0 bridgehead atoms. The quantitative estimate of drug-likeness (QED) is 0.792. The summed E-state index contributed by atoms with van der Waals surface area (Å²) in [6, 6.07) is 10.4. The van der Waals surface area contributed by atoms with Crippen LogP contribution in [0.5, 0.6) is 0 Å². The number of aryl methyl sites for hydroxylation is 1. The zero-order chi connectivity index (χ0) is 13.6. The number of amides is 1. The van der Waals surface area contributed by atoms with Gasteiger partial charge in [0.2, 0.25) is 5.91 Å². The second kappa shape index (κ2) is 7.09. The van der Waals surface area contributed by atoms with E-state index in [9.17, 15) is 4.79 Å². The molecule has 0 radical (unpaired) electrons. The highest BCUT2D eigenvalue weighted by molar-refractivity contribution is 9.09. The van der Waals surface area contributed by atoms with Crippen molar-refractivity contribution in [2.75, 3.05) is 5.33 Å². The fraction of sp³-hybridized carbons (Fsp3) is 0.562. The second-order valence-electron chi connectivity index (χ2n) is 5.51. The van der Waals surface area contributed by atoms with Crippen molar-refractivity contribution in [3.63, 3.8) is 0 Å². The van der Waals surface area contributed by atoms with E-state index in [1.165, 1.54) is 18.4 Å². The standard InChI is InChI=1S/C16H22BrNO/c17-13-16(11-4-5-12-16)18-15(19)10-6-9-14-7-2-1-3-8-14/h1-3,7-8H,4-6,9-13H2,(H,18,19). The van der Waals surface area contributed by atoms with Gasteiger partial charge in [-0.05, 0) is 31.2 Å². The molecule has 1 amide bonds. The normalized spacial score (nSPS) is 17.3. The van der Waals surface area contributed by atoms with Gasteiger partial charge >= 0.3 is 0 Å². The first-order valence-corrected chi connectivity index (χ1v) is 8.27. The molecule has 3 heteroatoms. The monoisotopic (exact) mass is 323 g/mol. The van der Waals surface area contributed by atoms with Crippen LogP contribution in [-0.2, 0) is 11.2 Å². The van der Waals surface area contributed by atoms with Crippen LogP contribution in [-0.4, -0.2) is 16.8 Å². The number of benzene rings is 1. The molecule has 19 heavy (non-hydrogen) atoms. The average Bonchev–Trinajstić information content (AvgIpc) is 2.89. The van der Waals surface area contributed by atoms with Gasteiger partial charge in [0.05, 0.1) is 0 Å². The average molecular weight is 324 g/mol. The Morgan fingerprint density at radius 2 is 1.89 bits per heavy atom. The molecule has 1 aromatic rings. The van der Waals surface area contributed by atoms with Crippen molar-refractivity contribution in [3.05, 3.63) is 35.9 Å². The van der Waals surface area contributed by atoms with Crippen LogP contribution in [0.1, 0.15) is 44.1 Å². The van der Waals surface area contributed by atoms with Gasteiger partial charge in [-0.25, -0.2) is 0 Å². The summed E-state index contributed by atoms with van der Waals surface area (Å²) in [4.78, 5) is 12.0. The van der Waals surface area contributed by atoms with Gasteiger partial charge in [-0.2, -0.15) is 0 Å². The van der Waals surface area contributed by atoms with Crippen LogP contribution in [0.15, 0.2) is 30.3 Å². The predicted molar refractivity (Wildman–Crippen MR) is 82.5 cm³/mol. The number of hydrogen-bond acceptors (Lipinski definition) is 1. The lowest BCUT2D eigenvalue weighted by molar-refractivity contribution is -0.122. The first-order chi connectivity index (χ1) is 9.24. The van der Waals surface area contributed by atoms with E-state index < -0.39 is 0 Å². The Bertz CT molecular complexity index is 398. The molecular weight excluding hydrogens is 302 g/mol. The number of halogens is 1. The summed E-state index contributed by atoms with van der Waals surface area (Å²) in [6.07, 6.45) is 7.23. The highest BCUT2D eigenvalue weighted by atomic mass is 79.9. The minimum Gasteiger partial charge on any atom is -0.350 e. The predicted octanol–water partition coefficient (Wildman–Crippen LogP) is 3.83. The third-order valence-electron chi connectivity index (χ3n) is 3.93. The van der Waals surface area contributed by atoms with Crippen molar-refractivity contribution in [3.8, 4) is 0 Å². The molecule has 1 saturated carbocycles. The Kier molecular flexibility index (Phi) is 5.44. The highest BCUT2D eigenvalue weighted by Gasteiger charge is 2.33. The highest BCUT2D eigenvalue weighted by Crippen LogP contribution is 2.31.